The van der Waals surface area contributed by atoms with Crippen LogP contribution in [0.25, 0.3) is 22.1 Å². The molecule has 2 aliphatic heterocycles. The number of nitrogens with zero attached hydrogens (tertiary/aromatic N) is 6. The summed E-state index contributed by atoms with van der Waals surface area (Å²) < 4.78 is 7.62. The molecule has 0 fully saturated rings. The van der Waals surface area contributed by atoms with Gasteiger partial charge in [0.1, 0.15) is 11.8 Å². The van der Waals surface area contributed by atoms with E-state index in [0.29, 0.717) is 27.9 Å². The van der Waals surface area contributed by atoms with Crippen LogP contribution in [0, 0.1) is 0 Å². The van der Waals surface area contributed by atoms with Crippen LogP contribution in [-0.4, -0.2) is 33.0 Å². The molecule has 4 heterocycles. The van der Waals surface area contributed by atoms with Gasteiger partial charge in [-0.3, -0.25) is 0 Å². The highest BCUT2D eigenvalue weighted by molar-refractivity contribution is 5.88. The lowest BCUT2D eigenvalue weighted by Crippen LogP contribution is -2.47. The van der Waals surface area contributed by atoms with Crippen molar-refractivity contribution < 1.29 is 5.11 Å². The lowest BCUT2D eigenvalue weighted by molar-refractivity contribution is 0.244. The number of benzene rings is 4. The number of allylic oxidation sites excluding steroid dienone is 2. The van der Waals surface area contributed by atoms with E-state index in [2.05, 4.69) is 0 Å². The zero-order valence-electron chi connectivity index (χ0n) is 22.6. The average molecular weight is 573 g/mol. The van der Waals surface area contributed by atoms with Gasteiger partial charge in [0.15, 0.2) is 0 Å². The minimum absolute atomic E-state index is 0.0548. The van der Waals surface area contributed by atoms with Gasteiger partial charge in [0.05, 0.1) is 30.5 Å². The lowest BCUT2D eigenvalue weighted by Gasteiger charge is -2.38. The third-order valence-electron chi connectivity index (χ3n) is 8.45. The summed E-state index contributed by atoms with van der Waals surface area (Å²) in [6, 6.07) is 26.4. The molecule has 2 unspecified atom stereocenters. The standard InChI is InChI=1S/C32H24N6O5/c39-26-16-15-20-9-7-8-14-23(20)27(26)28-24-17-18-33-29(40)35(21-10-3-1-4-11-21)31(42)37(33)25(24)19-34-30(41)36(32(43)38(28)34)22-12-5-2-6-13-22/h1-17,25,28,39H,18-19H2. The summed E-state index contributed by atoms with van der Waals surface area (Å²) in [5.41, 5.74) is -0.342. The fourth-order valence-electron chi connectivity index (χ4n) is 6.58. The number of rotatable bonds is 3. The first kappa shape index (κ1) is 24.9. The summed E-state index contributed by atoms with van der Waals surface area (Å²) in [6.07, 6.45) is 1.83. The normalized spacial score (nSPS) is 17.3. The quantitative estimate of drug-likeness (QED) is 0.327. The molecule has 0 radical (unpaired) electrons. The second-order valence-electron chi connectivity index (χ2n) is 10.7. The maximum atomic E-state index is 14.2. The third kappa shape index (κ3) is 3.41. The van der Waals surface area contributed by atoms with Crippen LogP contribution < -0.4 is 22.8 Å². The molecule has 2 aromatic heterocycles. The molecule has 11 heteroatoms. The van der Waals surface area contributed by atoms with Crippen molar-refractivity contribution in [2.75, 3.05) is 0 Å². The molecule has 6 aromatic rings. The molecule has 0 bridgehead atoms. The van der Waals surface area contributed by atoms with Crippen molar-refractivity contribution in [1.82, 2.24) is 27.9 Å². The van der Waals surface area contributed by atoms with E-state index in [1.807, 2.05) is 30.3 Å². The van der Waals surface area contributed by atoms with Gasteiger partial charge in [-0.1, -0.05) is 72.8 Å². The minimum Gasteiger partial charge on any atom is -0.508 e. The van der Waals surface area contributed by atoms with Crippen molar-refractivity contribution in [2.24, 2.45) is 0 Å². The Labute approximate surface area is 242 Å². The molecule has 0 aliphatic carbocycles. The fraction of sp³-hybridized carbons (Fsp3) is 0.125. The average Bonchev–Trinajstić information content (AvgIpc) is 3.44. The first-order valence-corrected chi connectivity index (χ1v) is 13.9. The van der Waals surface area contributed by atoms with Crippen LogP contribution in [0.3, 0.4) is 0 Å². The molecular formula is C32H24N6O5. The summed E-state index contributed by atoms with van der Waals surface area (Å²) in [7, 11) is 0. The van der Waals surface area contributed by atoms with E-state index in [0.717, 1.165) is 14.5 Å². The predicted molar refractivity (Wildman–Crippen MR) is 159 cm³/mol. The van der Waals surface area contributed by atoms with Gasteiger partial charge in [0.25, 0.3) is 0 Å². The maximum Gasteiger partial charge on any atom is 0.352 e. The van der Waals surface area contributed by atoms with Crippen LogP contribution in [0.2, 0.25) is 0 Å². The number of hydrogen-bond acceptors (Lipinski definition) is 5. The second kappa shape index (κ2) is 9.08. The summed E-state index contributed by atoms with van der Waals surface area (Å²) in [5.74, 6) is -0.0548. The van der Waals surface area contributed by atoms with E-state index in [4.69, 9.17) is 0 Å². The number of aromatic nitrogens is 6. The second-order valence-corrected chi connectivity index (χ2v) is 10.7. The Morgan fingerprint density at radius 1 is 0.605 bits per heavy atom. The summed E-state index contributed by atoms with van der Waals surface area (Å²) in [6.45, 7) is 0.0000622. The topological polar surface area (TPSA) is 118 Å². The van der Waals surface area contributed by atoms with Crippen molar-refractivity contribution in [3.63, 3.8) is 0 Å². The highest BCUT2D eigenvalue weighted by atomic mass is 16.3. The summed E-state index contributed by atoms with van der Waals surface area (Å²) in [5, 5.41) is 12.9. The van der Waals surface area contributed by atoms with Gasteiger partial charge in [-0.25, -0.2) is 47.0 Å². The van der Waals surface area contributed by atoms with Crippen molar-refractivity contribution in [2.45, 2.75) is 25.2 Å². The van der Waals surface area contributed by atoms with E-state index in [-0.39, 0.29) is 18.8 Å². The highest BCUT2D eigenvalue weighted by Gasteiger charge is 2.43. The Morgan fingerprint density at radius 3 is 1.86 bits per heavy atom. The van der Waals surface area contributed by atoms with Crippen LogP contribution in [0.15, 0.2) is 128 Å². The predicted octanol–water partition coefficient (Wildman–Crippen LogP) is 2.56. The third-order valence-corrected chi connectivity index (χ3v) is 8.45. The molecular weight excluding hydrogens is 548 g/mol. The number of para-hydroxylation sites is 2. The molecule has 1 N–H and O–H groups in total. The lowest BCUT2D eigenvalue weighted by atomic mass is 9.87. The van der Waals surface area contributed by atoms with E-state index in [1.165, 1.54) is 18.7 Å². The summed E-state index contributed by atoms with van der Waals surface area (Å²) in [4.78, 5) is 55.7. The molecule has 4 aromatic carbocycles. The maximum absolute atomic E-state index is 14.2. The molecule has 0 amide bonds. The molecule has 0 saturated heterocycles. The molecule has 212 valence electrons. The van der Waals surface area contributed by atoms with Crippen molar-refractivity contribution >= 4 is 10.8 Å². The van der Waals surface area contributed by atoms with Gasteiger partial charge in [-0.15, -0.1) is 0 Å². The Bertz CT molecular complexity index is 2350. The molecule has 11 nitrogen and oxygen atoms in total. The van der Waals surface area contributed by atoms with Crippen LogP contribution in [-0.2, 0) is 13.1 Å². The zero-order valence-corrected chi connectivity index (χ0v) is 22.6. The molecule has 2 aliphatic rings. The Hall–Kier alpha value is -5.84. The first-order valence-electron chi connectivity index (χ1n) is 13.9. The van der Waals surface area contributed by atoms with E-state index < -0.39 is 34.8 Å². The Balaban J connectivity index is 1.45. The number of fused-ring (bicyclic) bond motifs is 5. The minimum atomic E-state index is -0.939. The highest BCUT2D eigenvalue weighted by Crippen LogP contribution is 2.44. The van der Waals surface area contributed by atoms with Gasteiger partial charge < -0.3 is 5.11 Å². The first-order chi connectivity index (χ1) is 21.0. The van der Waals surface area contributed by atoms with Crippen molar-refractivity contribution in [3.8, 4) is 17.1 Å². The smallest absolute Gasteiger partial charge is 0.352 e. The molecule has 43 heavy (non-hydrogen) atoms. The number of phenols is 1. The molecule has 0 saturated carbocycles. The Kier molecular flexibility index (Phi) is 5.26. The number of aromatic hydroxyl groups is 1. The molecule has 2 atom stereocenters. The van der Waals surface area contributed by atoms with Crippen LogP contribution in [0.5, 0.6) is 5.75 Å². The van der Waals surface area contributed by atoms with Crippen molar-refractivity contribution in [1.29, 1.82) is 0 Å². The molecule has 8 rings (SSSR count). The van der Waals surface area contributed by atoms with Crippen molar-refractivity contribution in [3.05, 3.63) is 156 Å². The van der Waals surface area contributed by atoms with E-state index in [9.17, 15) is 24.3 Å². The zero-order chi connectivity index (χ0) is 29.4. The van der Waals surface area contributed by atoms with Gasteiger partial charge in [-0.2, -0.15) is 0 Å². The summed E-state index contributed by atoms with van der Waals surface area (Å²) >= 11 is 0. The number of hydrogen-bond donors (Lipinski definition) is 1. The van der Waals surface area contributed by atoms with E-state index in [1.54, 1.807) is 72.8 Å². The fourth-order valence-corrected chi connectivity index (χ4v) is 6.58. The largest absolute Gasteiger partial charge is 0.508 e. The van der Waals surface area contributed by atoms with Gasteiger partial charge in [-0.05, 0) is 46.7 Å². The van der Waals surface area contributed by atoms with Crippen LogP contribution >= 0.6 is 0 Å². The molecule has 0 spiro atoms. The monoisotopic (exact) mass is 572 g/mol. The van der Waals surface area contributed by atoms with Gasteiger partial charge in [0, 0.05) is 5.56 Å². The van der Waals surface area contributed by atoms with Crippen LogP contribution in [0.1, 0.15) is 17.6 Å². The van der Waals surface area contributed by atoms with E-state index >= 15 is 0 Å². The Morgan fingerprint density at radius 2 is 1.19 bits per heavy atom. The number of phenolic OH excluding ortho intramolecular Hbond substituents is 1. The van der Waals surface area contributed by atoms with Crippen LogP contribution in [0.4, 0.5) is 0 Å². The SMILES string of the molecule is O=c1n(-c2ccccc2)c(=O)n2n1CC=C1C2Cn2c(=O)n(-c3ccccc3)c(=O)n2C1c1c(O)ccc2ccccc12. The van der Waals surface area contributed by atoms with Gasteiger partial charge >= 0.3 is 22.8 Å². The van der Waals surface area contributed by atoms with Gasteiger partial charge in [0.2, 0.25) is 0 Å².